The van der Waals surface area contributed by atoms with E-state index < -0.39 is 9.84 Å². The fourth-order valence-corrected chi connectivity index (χ4v) is 4.65. The molecule has 0 radical (unpaired) electrons. The van der Waals surface area contributed by atoms with Crippen LogP contribution in [0.1, 0.15) is 31.4 Å². The van der Waals surface area contributed by atoms with Crippen molar-refractivity contribution < 1.29 is 8.42 Å². The van der Waals surface area contributed by atoms with E-state index in [0.717, 1.165) is 22.6 Å². The smallest absolute Gasteiger partial charge is 0.191 e. The average molecular weight is 500 g/mol. The second-order valence-electron chi connectivity index (χ2n) is 6.70. The lowest BCUT2D eigenvalue weighted by molar-refractivity contribution is 0.562. The SMILES string of the molecule is Cc1cc(CN=C(NCC2CCS(=O)(=O)C2)NC(C)C)ccc1Cl.I. The predicted octanol–water partition coefficient (Wildman–Crippen LogP) is 3.14. The Morgan fingerprint density at radius 3 is 2.68 bits per heavy atom. The van der Waals surface area contributed by atoms with Gasteiger partial charge in [-0.25, -0.2) is 13.4 Å². The summed E-state index contributed by atoms with van der Waals surface area (Å²) >= 11 is 6.05. The van der Waals surface area contributed by atoms with Gasteiger partial charge in [-0.1, -0.05) is 23.7 Å². The third kappa shape index (κ3) is 7.70. The minimum atomic E-state index is -2.84. The van der Waals surface area contributed by atoms with Gasteiger partial charge in [0.05, 0.1) is 18.1 Å². The fourth-order valence-electron chi connectivity index (χ4n) is 2.68. The van der Waals surface area contributed by atoms with E-state index in [1.54, 1.807) is 0 Å². The van der Waals surface area contributed by atoms with Crippen LogP contribution in [-0.2, 0) is 16.4 Å². The molecule has 0 aliphatic carbocycles. The summed E-state index contributed by atoms with van der Waals surface area (Å²) in [4.78, 5) is 4.60. The first-order valence-electron chi connectivity index (χ1n) is 8.25. The lowest BCUT2D eigenvalue weighted by Crippen LogP contribution is -2.43. The molecule has 2 N–H and O–H groups in total. The molecule has 1 aliphatic rings. The number of sulfone groups is 1. The Labute approximate surface area is 173 Å². The number of benzene rings is 1. The number of halogens is 2. The molecule has 1 aromatic rings. The van der Waals surface area contributed by atoms with Crippen molar-refractivity contribution in [2.75, 3.05) is 18.1 Å². The lowest BCUT2D eigenvalue weighted by Gasteiger charge is -2.17. The molecular weight excluding hydrogens is 473 g/mol. The van der Waals surface area contributed by atoms with Crippen LogP contribution in [0.4, 0.5) is 0 Å². The highest BCUT2D eigenvalue weighted by atomic mass is 127. The van der Waals surface area contributed by atoms with Gasteiger partial charge in [0.25, 0.3) is 0 Å². The van der Waals surface area contributed by atoms with Gasteiger partial charge in [-0.3, -0.25) is 0 Å². The van der Waals surface area contributed by atoms with Crippen LogP contribution in [0.25, 0.3) is 0 Å². The number of guanidine groups is 1. The maximum atomic E-state index is 11.5. The van der Waals surface area contributed by atoms with Crippen molar-refractivity contribution in [1.29, 1.82) is 0 Å². The Bertz CT molecular complexity index is 708. The van der Waals surface area contributed by atoms with Crippen molar-refractivity contribution in [3.63, 3.8) is 0 Å². The summed E-state index contributed by atoms with van der Waals surface area (Å²) in [7, 11) is -2.84. The lowest BCUT2D eigenvalue weighted by atomic mass is 10.1. The molecule has 1 atom stereocenters. The first-order chi connectivity index (χ1) is 11.2. The minimum absolute atomic E-state index is 0. The molecule has 2 rings (SSSR count). The van der Waals surface area contributed by atoms with Crippen LogP contribution in [0, 0.1) is 12.8 Å². The molecule has 0 saturated carbocycles. The quantitative estimate of drug-likeness (QED) is 0.371. The van der Waals surface area contributed by atoms with E-state index in [0.29, 0.717) is 24.8 Å². The van der Waals surface area contributed by atoms with Crippen molar-refractivity contribution in [2.45, 2.75) is 39.8 Å². The minimum Gasteiger partial charge on any atom is -0.356 e. The standard InChI is InChI=1S/C17H26ClN3O2S.HI/c1-12(2)21-17(20-10-15-6-7-24(22,23)11-15)19-9-14-4-5-16(18)13(3)8-14;/h4-5,8,12,15H,6-7,9-11H2,1-3H3,(H2,19,20,21);1H. The van der Waals surface area contributed by atoms with Crippen LogP contribution >= 0.6 is 35.6 Å². The van der Waals surface area contributed by atoms with E-state index in [1.807, 2.05) is 39.0 Å². The highest BCUT2D eigenvalue weighted by Crippen LogP contribution is 2.18. The van der Waals surface area contributed by atoms with Gasteiger partial charge >= 0.3 is 0 Å². The number of hydrogen-bond acceptors (Lipinski definition) is 3. The third-order valence-corrected chi connectivity index (χ3v) is 6.21. The molecular formula is C17H27ClIN3O2S. The van der Waals surface area contributed by atoms with Gasteiger partial charge in [-0.15, -0.1) is 24.0 Å². The number of nitrogens with one attached hydrogen (secondary N) is 2. The molecule has 142 valence electrons. The van der Waals surface area contributed by atoms with Crippen molar-refractivity contribution in [1.82, 2.24) is 10.6 Å². The molecule has 1 heterocycles. The van der Waals surface area contributed by atoms with Gasteiger partial charge < -0.3 is 10.6 Å². The number of rotatable bonds is 5. The van der Waals surface area contributed by atoms with E-state index in [4.69, 9.17) is 11.6 Å². The summed E-state index contributed by atoms with van der Waals surface area (Å²) in [6.45, 7) is 7.23. The van der Waals surface area contributed by atoms with E-state index in [-0.39, 0.29) is 41.7 Å². The monoisotopic (exact) mass is 499 g/mol. The number of aliphatic imine (C=N–C) groups is 1. The molecule has 25 heavy (non-hydrogen) atoms. The Morgan fingerprint density at radius 2 is 2.12 bits per heavy atom. The summed E-state index contributed by atoms with van der Waals surface area (Å²) in [6.07, 6.45) is 0.723. The zero-order valence-corrected chi connectivity index (χ0v) is 18.8. The Kier molecular flexibility index (Phi) is 8.97. The Hall–Kier alpha value is -0.540. The van der Waals surface area contributed by atoms with Gasteiger partial charge in [-0.05, 0) is 50.3 Å². The highest BCUT2D eigenvalue weighted by molar-refractivity contribution is 14.0. The average Bonchev–Trinajstić information content (AvgIpc) is 2.84. The second-order valence-corrected chi connectivity index (χ2v) is 9.33. The van der Waals surface area contributed by atoms with Gasteiger partial charge in [0.2, 0.25) is 0 Å². The summed E-state index contributed by atoms with van der Waals surface area (Å²) in [5.74, 6) is 1.44. The van der Waals surface area contributed by atoms with Crippen LogP contribution < -0.4 is 10.6 Å². The zero-order valence-electron chi connectivity index (χ0n) is 14.9. The van der Waals surface area contributed by atoms with Gasteiger partial charge in [0.15, 0.2) is 15.8 Å². The van der Waals surface area contributed by atoms with Crippen molar-refractivity contribution in [3.8, 4) is 0 Å². The van der Waals surface area contributed by atoms with Gasteiger partial charge in [0.1, 0.15) is 0 Å². The molecule has 1 aliphatic heterocycles. The Morgan fingerprint density at radius 1 is 1.40 bits per heavy atom. The molecule has 0 bridgehead atoms. The molecule has 0 spiro atoms. The summed E-state index contributed by atoms with van der Waals surface area (Å²) in [5, 5.41) is 7.31. The fraction of sp³-hybridized carbons (Fsp3) is 0.588. The largest absolute Gasteiger partial charge is 0.356 e. The van der Waals surface area contributed by atoms with Crippen LogP contribution in [0.3, 0.4) is 0 Å². The molecule has 5 nitrogen and oxygen atoms in total. The van der Waals surface area contributed by atoms with Gasteiger partial charge in [0, 0.05) is 17.6 Å². The third-order valence-electron chi connectivity index (χ3n) is 3.95. The zero-order chi connectivity index (χ0) is 17.7. The maximum absolute atomic E-state index is 11.5. The van der Waals surface area contributed by atoms with Gasteiger partial charge in [-0.2, -0.15) is 0 Å². The molecule has 0 amide bonds. The number of hydrogen-bond donors (Lipinski definition) is 2. The topological polar surface area (TPSA) is 70.6 Å². The van der Waals surface area contributed by atoms with Crippen LogP contribution in [0.2, 0.25) is 5.02 Å². The summed E-state index contributed by atoms with van der Waals surface area (Å²) < 4.78 is 23.1. The van der Waals surface area contributed by atoms with Crippen LogP contribution in [0.5, 0.6) is 0 Å². The van der Waals surface area contributed by atoms with Crippen molar-refractivity contribution in [2.24, 2.45) is 10.9 Å². The van der Waals surface area contributed by atoms with Crippen molar-refractivity contribution in [3.05, 3.63) is 34.3 Å². The maximum Gasteiger partial charge on any atom is 0.191 e. The normalized spacial score (nSPS) is 19.6. The molecule has 1 saturated heterocycles. The summed E-state index contributed by atoms with van der Waals surface area (Å²) in [5.41, 5.74) is 2.12. The summed E-state index contributed by atoms with van der Waals surface area (Å²) in [6, 6.07) is 6.13. The van der Waals surface area contributed by atoms with Crippen molar-refractivity contribution >= 4 is 51.4 Å². The second kappa shape index (κ2) is 9.97. The molecule has 1 fully saturated rings. The molecule has 0 aromatic heterocycles. The number of aryl methyl sites for hydroxylation is 1. The first-order valence-corrected chi connectivity index (χ1v) is 10.5. The number of nitrogens with zero attached hydrogens (tertiary/aromatic N) is 1. The molecule has 1 aromatic carbocycles. The van der Waals surface area contributed by atoms with E-state index in [9.17, 15) is 8.42 Å². The molecule has 1 unspecified atom stereocenters. The first kappa shape index (κ1) is 22.5. The van der Waals surface area contributed by atoms with E-state index >= 15 is 0 Å². The molecule has 8 heteroatoms. The van der Waals surface area contributed by atoms with E-state index in [1.165, 1.54) is 0 Å². The Balaban J connectivity index is 0.00000312. The highest BCUT2D eigenvalue weighted by Gasteiger charge is 2.27. The predicted molar refractivity (Wildman–Crippen MR) is 116 cm³/mol. The van der Waals surface area contributed by atoms with Crippen LogP contribution in [0.15, 0.2) is 23.2 Å². The van der Waals surface area contributed by atoms with E-state index in [2.05, 4.69) is 15.6 Å². The van der Waals surface area contributed by atoms with Crippen LogP contribution in [-0.4, -0.2) is 38.5 Å².